The van der Waals surface area contributed by atoms with Gasteiger partial charge < -0.3 is 10.4 Å². The highest BCUT2D eigenvalue weighted by molar-refractivity contribution is 5.31. The number of alkyl halides is 3. The van der Waals surface area contributed by atoms with Crippen LogP contribution in [0.2, 0.25) is 0 Å². The largest absolute Gasteiger partial charge is 0.508 e. The van der Waals surface area contributed by atoms with Crippen LogP contribution in [-0.2, 0) is 6.54 Å². The molecular weight excluding hydrogens is 255 g/mol. The summed E-state index contributed by atoms with van der Waals surface area (Å²) in [5.41, 5.74) is 0.778. The Morgan fingerprint density at radius 1 is 1.11 bits per heavy atom. The Bertz CT molecular complexity index is 411. The molecule has 0 unspecified atom stereocenters. The van der Waals surface area contributed by atoms with Gasteiger partial charge in [0.15, 0.2) is 0 Å². The van der Waals surface area contributed by atoms with Crippen molar-refractivity contribution >= 4 is 0 Å². The molecule has 0 spiro atoms. The number of hydrogen-bond donors (Lipinski definition) is 2. The molecule has 0 amide bonds. The first-order valence-corrected chi connectivity index (χ1v) is 6.54. The first-order valence-electron chi connectivity index (χ1n) is 6.54. The average molecular weight is 273 g/mol. The predicted molar refractivity (Wildman–Crippen MR) is 66.7 cm³/mol. The Morgan fingerprint density at radius 3 is 2.32 bits per heavy atom. The molecule has 0 radical (unpaired) electrons. The van der Waals surface area contributed by atoms with E-state index in [-0.39, 0.29) is 24.6 Å². The minimum atomic E-state index is -4.05. The topological polar surface area (TPSA) is 32.3 Å². The van der Waals surface area contributed by atoms with E-state index in [1.807, 2.05) is 12.1 Å². The average Bonchev–Trinajstić information content (AvgIpc) is 2.37. The minimum Gasteiger partial charge on any atom is -0.508 e. The van der Waals surface area contributed by atoms with Crippen LogP contribution in [0.3, 0.4) is 0 Å². The Kier molecular flexibility index (Phi) is 4.34. The van der Waals surface area contributed by atoms with Crippen molar-refractivity contribution in [2.75, 3.05) is 0 Å². The lowest BCUT2D eigenvalue weighted by molar-refractivity contribution is -0.182. The summed E-state index contributed by atoms with van der Waals surface area (Å²) >= 11 is 0. The molecule has 0 saturated heterocycles. The zero-order chi connectivity index (χ0) is 13.9. The fourth-order valence-corrected chi connectivity index (χ4v) is 2.54. The second-order valence-corrected chi connectivity index (χ2v) is 5.10. The van der Waals surface area contributed by atoms with E-state index >= 15 is 0 Å². The highest BCUT2D eigenvalue weighted by Crippen LogP contribution is 2.37. The van der Waals surface area contributed by atoms with Gasteiger partial charge in [-0.25, -0.2) is 0 Å². The number of para-hydroxylation sites is 1. The highest BCUT2D eigenvalue weighted by Gasteiger charge is 2.41. The summed E-state index contributed by atoms with van der Waals surface area (Å²) in [6.45, 7) is 0.494. The van der Waals surface area contributed by atoms with Crippen molar-refractivity contribution < 1.29 is 18.3 Å². The van der Waals surface area contributed by atoms with Crippen molar-refractivity contribution in [1.29, 1.82) is 0 Å². The molecule has 0 aliphatic heterocycles. The van der Waals surface area contributed by atoms with Crippen molar-refractivity contribution in [3.63, 3.8) is 0 Å². The first-order chi connectivity index (χ1) is 8.97. The van der Waals surface area contributed by atoms with Crippen LogP contribution in [0.15, 0.2) is 24.3 Å². The normalized spacial score (nSPS) is 24.4. The maximum Gasteiger partial charge on any atom is 0.391 e. The maximum atomic E-state index is 12.5. The summed E-state index contributed by atoms with van der Waals surface area (Å²) in [5.74, 6) is -0.922. The second-order valence-electron chi connectivity index (χ2n) is 5.10. The molecule has 0 heterocycles. The number of phenolic OH excluding ortho intramolecular Hbond substituents is 1. The second kappa shape index (κ2) is 5.82. The molecular formula is C14H18F3NO. The lowest BCUT2D eigenvalue weighted by Crippen LogP contribution is -2.36. The molecule has 1 aliphatic rings. The van der Waals surface area contributed by atoms with Crippen LogP contribution < -0.4 is 5.32 Å². The zero-order valence-electron chi connectivity index (χ0n) is 10.6. The Balaban J connectivity index is 1.79. The predicted octanol–water partition coefficient (Wildman–Crippen LogP) is 3.60. The summed E-state index contributed by atoms with van der Waals surface area (Å²) in [6, 6.07) is 7.10. The molecule has 0 atom stereocenters. The van der Waals surface area contributed by atoms with Gasteiger partial charge in [0.1, 0.15) is 5.75 Å². The molecule has 1 aromatic rings. The van der Waals surface area contributed by atoms with Crippen molar-refractivity contribution in [1.82, 2.24) is 5.32 Å². The fourth-order valence-electron chi connectivity index (χ4n) is 2.54. The van der Waals surface area contributed by atoms with Gasteiger partial charge in [-0.05, 0) is 31.7 Å². The number of halogens is 3. The molecule has 2 nitrogen and oxygen atoms in total. The van der Waals surface area contributed by atoms with Gasteiger partial charge in [-0.2, -0.15) is 13.2 Å². The number of phenols is 1. The van der Waals surface area contributed by atoms with Crippen molar-refractivity contribution in [3.05, 3.63) is 29.8 Å². The summed E-state index contributed by atoms with van der Waals surface area (Å²) in [6.07, 6.45) is -2.58. The van der Waals surface area contributed by atoms with E-state index in [0.717, 1.165) is 5.56 Å². The van der Waals surface area contributed by atoms with Crippen LogP contribution in [0.25, 0.3) is 0 Å². The van der Waals surface area contributed by atoms with E-state index in [2.05, 4.69) is 5.32 Å². The van der Waals surface area contributed by atoms with Gasteiger partial charge in [-0.3, -0.25) is 0 Å². The molecule has 0 bridgehead atoms. The fraction of sp³-hybridized carbons (Fsp3) is 0.571. The Hall–Kier alpha value is -1.23. The molecule has 5 heteroatoms. The summed E-state index contributed by atoms with van der Waals surface area (Å²) in [4.78, 5) is 0. The van der Waals surface area contributed by atoms with Gasteiger partial charge in [0.2, 0.25) is 0 Å². The van der Waals surface area contributed by atoms with E-state index in [1.54, 1.807) is 12.1 Å². The summed E-state index contributed by atoms with van der Waals surface area (Å²) < 4.78 is 37.6. The standard InChI is InChI=1S/C14H18F3NO/c15-14(16,17)11-5-7-12(8-6-11)18-9-10-3-1-2-4-13(10)19/h1-4,11-12,18-19H,5-9H2. The van der Waals surface area contributed by atoms with Crippen molar-refractivity contribution in [3.8, 4) is 5.75 Å². The van der Waals surface area contributed by atoms with E-state index in [9.17, 15) is 18.3 Å². The van der Waals surface area contributed by atoms with Gasteiger partial charge in [0.25, 0.3) is 0 Å². The maximum absolute atomic E-state index is 12.5. The molecule has 1 aromatic carbocycles. The van der Waals surface area contributed by atoms with Gasteiger partial charge >= 0.3 is 6.18 Å². The summed E-state index contributed by atoms with van der Waals surface area (Å²) in [5, 5.41) is 12.8. The van der Waals surface area contributed by atoms with Crippen molar-refractivity contribution in [2.45, 2.75) is 44.4 Å². The monoisotopic (exact) mass is 273 g/mol. The molecule has 0 aromatic heterocycles. The molecule has 19 heavy (non-hydrogen) atoms. The van der Waals surface area contributed by atoms with Crippen LogP contribution >= 0.6 is 0 Å². The number of aromatic hydroxyl groups is 1. The SMILES string of the molecule is Oc1ccccc1CNC1CCC(C(F)(F)F)CC1. The van der Waals surface area contributed by atoms with E-state index in [4.69, 9.17) is 0 Å². The third-order valence-corrected chi connectivity index (χ3v) is 3.76. The van der Waals surface area contributed by atoms with Crippen LogP contribution in [0.4, 0.5) is 13.2 Å². The van der Waals surface area contributed by atoms with Crippen LogP contribution in [-0.4, -0.2) is 17.3 Å². The molecule has 2 N–H and O–H groups in total. The number of rotatable bonds is 3. The van der Waals surface area contributed by atoms with E-state index < -0.39 is 12.1 Å². The quantitative estimate of drug-likeness (QED) is 0.882. The van der Waals surface area contributed by atoms with E-state index in [0.29, 0.717) is 19.4 Å². The van der Waals surface area contributed by atoms with Crippen LogP contribution in [0, 0.1) is 5.92 Å². The van der Waals surface area contributed by atoms with Crippen molar-refractivity contribution in [2.24, 2.45) is 5.92 Å². The molecule has 106 valence electrons. The van der Waals surface area contributed by atoms with E-state index in [1.165, 1.54) is 0 Å². The van der Waals surface area contributed by atoms with Crippen LogP contribution in [0.1, 0.15) is 31.2 Å². The summed E-state index contributed by atoms with van der Waals surface area (Å²) in [7, 11) is 0. The smallest absolute Gasteiger partial charge is 0.391 e. The number of benzene rings is 1. The van der Waals surface area contributed by atoms with Crippen LogP contribution in [0.5, 0.6) is 5.75 Å². The minimum absolute atomic E-state index is 0.109. The lowest BCUT2D eigenvalue weighted by atomic mass is 9.85. The Morgan fingerprint density at radius 2 is 1.74 bits per heavy atom. The molecule has 1 fully saturated rings. The van der Waals surface area contributed by atoms with Gasteiger partial charge in [-0.15, -0.1) is 0 Å². The first kappa shape index (κ1) is 14.2. The third kappa shape index (κ3) is 3.86. The third-order valence-electron chi connectivity index (χ3n) is 3.76. The number of nitrogens with one attached hydrogen (secondary N) is 1. The highest BCUT2D eigenvalue weighted by atomic mass is 19.4. The Labute approximate surface area is 110 Å². The van der Waals surface area contributed by atoms with Gasteiger partial charge in [0, 0.05) is 18.2 Å². The van der Waals surface area contributed by atoms with Gasteiger partial charge in [0.05, 0.1) is 5.92 Å². The number of hydrogen-bond acceptors (Lipinski definition) is 2. The molecule has 1 aliphatic carbocycles. The zero-order valence-corrected chi connectivity index (χ0v) is 10.6. The molecule has 1 saturated carbocycles. The lowest BCUT2D eigenvalue weighted by Gasteiger charge is -2.30. The van der Waals surface area contributed by atoms with Gasteiger partial charge in [-0.1, -0.05) is 18.2 Å². The molecule has 2 rings (SSSR count).